The van der Waals surface area contributed by atoms with E-state index in [2.05, 4.69) is 5.32 Å². The van der Waals surface area contributed by atoms with Crippen LogP contribution in [0.2, 0.25) is 0 Å². The quantitative estimate of drug-likeness (QED) is 0.521. The molecule has 1 amide bonds. The molecule has 5 nitrogen and oxygen atoms in total. The van der Waals surface area contributed by atoms with Gasteiger partial charge in [-0.3, -0.25) is 14.9 Å². The second kappa shape index (κ2) is 5.72. The number of benzene rings is 1. The number of nitrogens with one attached hydrogen (secondary N) is 1. The summed E-state index contributed by atoms with van der Waals surface area (Å²) in [6.07, 6.45) is 0. The molecule has 1 rings (SSSR count). The van der Waals surface area contributed by atoms with Crippen LogP contribution in [-0.4, -0.2) is 22.8 Å². The van der Waals surface area contributed by atoms with Crippen LogP contribution in [0.4, 0.5) is 14.5 Å². The number of carbonyl (C=O) groups is 1. The predicted molar refractivity (Wildman–Crippen MR) is 60.7 cm³/mol. The van der Waals surface area contributed by atoms with Gasteiger partial charge in [-0.1, -0.05) is 0 Å². The monoisotopic (exact) mass is 278 g/mol. The van der Waals surface area contributed by atoms with Crippen LogP contribution in [0.5, 0.6) is 0 Å². The molecule has 0 aliphatic carbocycles. The summed E-state index contributed by atoms with van der Waals surface area (Å²) < 4.78 is 27.0. The first-order chi connectivity index (χ1) is 8.38. The molecule has 0 aromatic heterocycles. The Morgan fingerprint density at radius 2 is 2.17 bits per heavy atom. The Morgan fingerprint density at radius 1 is 1.56 bits per heavy atom. The van der Waals surface area contributed by atoms with E-state index in [4.69, 9.17) is 11.6 Å². The van der Waals surface area contributed by atoms with Gasteiger partial charge in [0.05, 0.1) is 4.92 Å². The second-order valence-corrected chi connectivity index (χ2v) is 3.85. The molecular weight excluding hydrogens is 270 g/mol. The van der Waals surface area contributed by atoms with Gasteiger partial charge in [0, 0.05) is 18.0 Å². The highest BCUT2D eigenvalue weighted by Gasteiger charge is 2.26. The summed E-state index contributed by atoms with van der Waals surface area (Å²) in [5, 5.41) is 12.7. The predicted octanol–water partition coefficient (Wildman–Crippen LogP) is 2.23. The van der Waals surface area contributed by atoms with Crippen molar-refractivity contribution in [1.82, 2.24) is 5.32 Å². The van der Waals surface area contributed by atoms with E-state index < -0.39 is 39.8 Å². The SMILES string of the molecule is CC(CCl)NC(=O)c1c(F)ccc([N+](=O)[O-])c1F. The Bertz CT molecular complexity index is 496. The minimum absolute atomic E-state index is 0.0455. The maximum Gasteiger partial charge on any atom is 0.305 e. The molecule has 98 valence electrons. The highest BCUT2D eigenvalue weighted by Crippen LogP contribution is 2.23. The number of carbonyl (C=O) groups excluding carboxylic acids is 1. The lowest BCUT2D eigenvalue weighted by Gasteiger charge is -2.11. The molecule has 0 heterocycles. The number of nitro groups is 1. The Balaban J connectivity index is 3.19. The molecule has 1 atom stereocenters. The van der Waals surface area contributed by atoms with Crippen LogP contribution in [-0.2, 0) is 0 Å². The van der Waals surface area contributed by atoms with Crippen molar-refractivity contribution in [2.24, 2.45) is 0 Å². The zero-order chi connectivity index (χ0) is 13.9. The van der Waals surface area contributed by atoms with Gasteiger partial charge < -0.3 is 5.32 Å². The van der Waals surface area contributed by atoms with Crippen molar-refractivity contribution >= 4 is 23.2 Å². The van der Waals surface area contributed by atoms with Crippen molar-refractivity contribution in [2.75, 3.05) is 5.88 Å². The van der Waals surface area contributed by atoms with Crippen LogP contribution in [0.3, 0.4) is 0 Å². The fourth-order valence-electron chi connectivity index (χ4n) is 1.23. The highest BCUT2D eigenvalue weighted by molar-refractivity contribution is 6.18. The maximum atomic E-state index is 13.6. The number of hydrogen-bond acceptors (Lipinski definition) is 3. The van der Waals surface area contributed by atoms with Gasteiger partial charge >= 0.3 is 5.69 Å². The van der Waals surface area contributed by atoms with Crippen LogP contribution >= 0.6 is 11.6 Å². The molecule has 0 spiro atoms. The lowest BCUT2D eigenvalue weighted by Crippen LogP contribution is -2.34. The van der Waals surface area contributed by atoms with E-state index in [9.17, 15) is 23.7 Å². The standard InChI is InChI=1S/C10H9ClF2N2O3/c1-5(4-11)14-10(16)8-6(12)2-3-7(9(8)13)15(17)18/h2-3,5H,4H2,1H3,(H,14,16). The first kappa shape index (κ1) is 14.3. The van der Waals surface area contributed by atoms with Crippen LogP contribution in [0.25, 0.3) is 0 Å². The minimum Gasteiger partial charge on any atom is -0.348 e. The van der Waals surface area contributed by atoms with E-state index in [1.54, 1.807) is 0 Å². The van der Waals surface area contributed by atoms with Crippen molar-refractivity contribution in [1.29, 1.82) is 0 Å². The highest BCUT2D eigenvalue weighted by atomic mass is 35.5. The van der Waals surface area contributed by atoms with Gasteiger partial charge in [0.1, 0.15) is 11.4 Å². The molecule has 1 unspecified atom stereocenters. The summed E-state index contributed by atoms with van der Waals surface area (Å²) in [6.45, 7) is 1.53. The molecule has 18 heavy (non-hydrogen) atoms. The summed E-state index contributed by atoms with van der Waals surface area (Å²) in [4.78, 5) is 21.0. The van der Waals surface area contributed by atoms with Gasteiger partial charge in [0.25, 0.3) is 5.91 Å². The topological polar surface area (TPSA) is 72.2 Å². The molecule has 1 aromatic carbocycles. The maximum absolute atomic E-state index is 13.6. The summed E-state index contributed by atoms with van der Waals surface area (Å²) in [7, 11) is 0. The molecule has 0 radical (unpaired) electrons. The summed E-state index contributed by atoms with van der Waals surface area (Å²) in [5.41, 5.74) is -1.94. The molecule has 8 heteroatoms. The number of nitro benzene ring substituents is 1. The Kier molecular flexibility index (Phi) is 4.55. The van der Waals surface area contributed by atoms with Gasteiger partial charge in [0.15, 0.2) is 0 Å². The van der Waals surface area contributed by atoms with Crippen molar-refractivity contribution in [3.63, 3.8) is 0 Å². The number of alkyl halides is 1. The Labute approximate surface area is 106 Å². The van der Waals surface area contributed by atoms with Crippen molar-refractivity contribution < 1.29 is 18.5 Å². The lowest BCUT2D eigenvalue weighted by atomic mass is 10.1. The number of halogens is 3. The zero-order valence-corrected chi connectivity index (χ0v) is 10.0. The summed E-state index contributed by atoms with van der Waals surface area (Å²) in [5.74, 6) is -3.71. The van der Waals surface area contributed by atoms with Crippen molar-refractivity contribution in [2.45, 2.75) is 13.0 Å². The van der Waals surface area contributed by atoms with Crippen LogP contribution in [0.1, 0.15) is 17.3 Å². The van der Waals surface area contributed by atoms with Crippen LogP contribution in [0, 0.1) is 21.7 Å². The smallest absolute Gasteiger partial charge is 0.305 e. The molecule has 1 aromatic rings. The van der Waals surface area contributed by atoms with E-state index in [0.717, 1.165) is 0 Å². The van der Waals surface area contributed by atoms with Gasteiger partial charge in [-0.2, -0.15) is 4.39 Å². The van der Waals surface area contributed by atoms with E-state index in [1.165, 1.54) is 6.92 Å². The van der Waals surface area contributed by atoms with Crippen LogP contribution in [0.15, 0.2) is 12.1 Å². The van der Waals surface area contributed by atoms with Crippen LogP contribution < -0.4 is 5.32 Å². The fraction of sp³-hybridized carbons (Fsp3) is 0.300. The molecule has 1 N–H and O–H groups in total. The average Bonchev–Trinajstić information content (AvgIpc) is 2.28. The Morgan fingerprint density at radius 3 is 2.67 bits per heavy atom. The summed E-state index contributed by atoms with van der Waals surface area (Å²) in [6, 6.07) is 0.811. The third kappa shape index (κ3) is 2.92. The van der Waals surface area contributed by atoms with E-state index in [-0.39, 0.29) is 5.88 Å². The largest absolute Gasteiger partial charge is 0.348 e. The molecule has 0 bridgehead atoms. The lowest BCUT2D eigenvalue weighted by molar-refractivity contribution is -0.387. The van der Waals surface area contributed by atoms with E-state index in [1.807, 2.05) is 0 Å². The zero-order valence-electron chi connectivity index (χ0n) is 9.25. The second-order valence-electron chi connectivity index (χ2n) is 3.54. The Hall–Kier alpha value is -1.76. The molecule has 0 aliphatic heterocycles. The summed E-state index contributed by atoms with van der Waals surface area (Å²) >= 11 is 5.43. The number of amides is 1. The first-order valence-electron chi connectivity index (χ1n) is 4.87. The molecular formula is C10H9ClF2N2O3. The third-order valence-corrected chi connectivity index (χ3v) is 2.57. The minimum atomic E-state index is -1.50. The van der Waals surface area contributed by atoms with Crippen molar-refractivity contribution in [3.05, 3.63) is 39.4 Å². The van der Waals surface area contributed by atoms with Crippen molar-refractivity contribution in [3.8, 4) is 0 Å². The first-order valence-corrected chi connectivity index (χ1v) is 5.41. The number of rotatable bonds is 4. The normalized spacial score (nSPS) is 12.0. The van der Waals surface area contributed by atoms with Gasteiger partial charge in [-0.05, 0) is 13.0 Å². The van der Waals surface area contributed by atoms with Gasteiger partial charge in [-0.25, -0.2) is 4.39 Å². The fourth-order valence-corrected chi connectivity index (χ4v) is 1.30. The molecule has 0 fully saturated rings. The molecule has 0 saturated carbocycles. The van der Waals surface area contributed by atoms with E-state index >= 15 is 0 Å². The third-order valence-electron chi connectivity index (χ3n) is 2.10. The van der Waals surface area contributed by atoms with Gasteiger partial charge in [0.2, 0.25) is 5.82 Å². The van der Waals surface area contributed by atoms with Gasteiger partial charge in [-0.15, -0.1) is 11.6 Å². The average molecular weight is 279 g/mol. The van der Waals surface area contributed by atoms with E-state index in [0.29, 0.717) is 12.1 Å². The molecule has 0 aliphatic rings. The number of hydrogen-bond donors (Lipinski definition) is 1. The number of nitrogens with zero attached hydrogens (tertiary/aromatic N) is 1. The molecule has 0 saturated heterocycles.